The van der Waals surface area contributed by atoms with Gasteiger partial charge in [0, 0.05) is 64.8 Å². The van der Waals surface area contributed by atoms with Crippen LogP contribution in [-0.2, 0) is 37.5 Å². The zero-order valence-electron chi connectivity index (χ0n) is 19.3. The molecule has 0 bridgehead atoms. The number of urea groups is 1. The smallest absolute Gasteiger partial charge is 0.328 e. The van der Waals surface area contributed by atoms with Crippen LogP contribution in [0.1, 0.15) is 39.5 Å². The van der Waals surface area contributed by atoms with Crippen LogP contribution in [0.5, 0.6) is 0 Å². The SMILES string of the molecule is CC.CN(O)CCC1([N-]c2ccc(-c3cccc(N4CCC(=O)NC4=O)c3Cl)cc2)CC1.[Y]. The van der Waals surface area contributed by atoms with E-state index in [1.165, 1.54) is 9.96 Å². The third kappa shape index (κ3) is 6.99. The van der Waals surface area contributed by atoms with Gasteiger partial charge in [-0.2, -0.15) is 5.06 Å². The molecule has 0 unspecified atom stereocenters. The number of carbonyl (C=O) groups excluding carboxylic acids is 2. The summed E-state index contributed by atoms with van der Waals surface area (Å²) in [5, 5.41) is 18.2. The first-order valence-corrected chi connectivity index (χ1v) is 11.4. The molecule has 1 aliphatic heterocycles. The van der Waals surface area contributed by atoms with Crippen molar-refractivity contribution >= 4 is 34.9 Å². The number of amides is 3. The van der Waals surface area contributed by atoms with Gasteiger partial charge in [0.2, 0.25) is 5.91 Å². The summed E-state index contributed by atoms with van der Waals surface area (Å²) >= 11 is 6.65. The number of benzene rings is 2. The third-order valence-corrected chi connectivity index (χ3v) is 5.99. The fraction of sp³-hybridized carbons (Fsp3) is 0.417. The number of hydrogen-bond acceptors (Lipinski definition) is 4. The van der Waals surface area contributed by atoms with E-state index in [2.05, 4.69) is 5.32 Å². The molecule has 0 atom stereocenters. The van der Waals surface area contributed by atoms with E-state index < -0.39 is 6.03 Å². The van der Waals surface area contributed by atoms with Gasteiger partial charge in [0.1, 0.15) is 0 Å². The molecule has 33 heavy (non-hydrogen) atoms. The molecule has 0 spiro atoms. The summed E-state index contributed by atoms with van der Waals surface area (Å²) in [7, 11) is 1.65. The molecule has 2 fully saturated rings. The van der Waals surface area contributed by atoms with Crippen LogP contribution in [0, 0.1) is 0 Å². The van der Waals surface area contributed by atoms with E-state index in [9.17, 15) is 14.8 Å². The molecule has 2 aromatic carbocycles. The van der Waals surface area contributed by atoms with Crippen molar-refractivity contribution in [1.29, 1.82) is 0 Å². The Balaban J connectivity index is 0.00000125. The Morgan fingerprint density at radius 1 is 1.15 bits per heavy atom. The van der Waals surface area contributed by atoms with E-state index in [1.807, 2.05) is 50.2 Å². The fourth-order valence-electron chi connectivity index (χ4n) is 3.67. The summed E-state index contributed by atoms with van der Waals surface area (Å²) < 4.78 is 0. The van der Waals surface area contributed by atoms with E-state index in [0.29, 0.717) is 23.8 Å². The van der Waals surface area contributed by atoms with Gasteiger partial charge in [-0.1, -0.05) is 74.7 Å². The molecule has 1 aliphatic carbocycles. The van der Waals surface area contributed by atoms with Crippen molar-refractivity contribution in [3.8, 4) is 11.1 Å². The van der Waals surface area contributed by atoms with Crippen LogP contribution in [0.2, 0.25) is 5.02 Å². The van der Waals surface area contributed by atoms with Crippen LogP contribution in [-0.4, -0.2) is 47.9 Å². The zero-order valence-corrected chi connectivity index (χ0v) is 22.9. The second-order valence-corrected chi connectivity index (χ2v) is 8.29. The number of hydroxylamine groups is 2. The van der Waals surface area contributed by atoms with Crippen molar-refractivity contribution in [3.05, 3.63) is 52.8 Å². The number of anilines is 1. The van der Waals surface area contributed by atoms with Crippen molar-refractivity contribution in [1.82, 2.24) is 10.4 Å². The second-order valence-electron chi connectivity index (χ2n) is 7.91. The second kappa shape index (κ2) is 12.3. The van der Waals surface area contributed by atoms with Gasteiger partial charge in [-0.3, -0.25) is 15.0 Å². The van der Waals surface area contributed by atoms with Crippen LogP contribution in [0.3, 0.4) is 0 Å². The first kappa shape index (κ1) is 27.7. The summed E-state index contributed by atoms with van der Waals surface area (Å²) in [5.74, 6) is -0.276. The van der Waals surface area contributed by atoms with Gasteiger partial charge in [-0.15, -0.1) is 11.2 Å². The molecule has 2 aromatic rings. The van der Waals surface area contributed by atoms with Gasteiger partial charge < -0.3 is 10.5 Å². The number of halogens is 1. The van der Waals surface area contributed by atoms with Gasteiger partial charge in [-0.05, 0) is 18.1 Å². The molecule has 4 rings (SSSR count). The Morgan fingerprint density at radius 3 is 2.39 bits per heavy atom. The summed E-state index contributed by atoms with van der Waals surface area (Å²) in [6.07, 6.45) is 3.15. The Morgan fingerprint density at radius 2 is 1.82 bits per heavy atom. The monoisotopic (exact) mass is 546 g/mol. The van der Waals surface area contributed by atoms with E-state index in [4.69, 9.17) is 16.9 Å². The van der Waals surface area contributed by atoms with Crippen molar-refractivity contribution in [2.75, 3.05) is 25.0 Å². The van der Waals surface area contributed by atoms with Crippen LogP contribution >= 0.6 is 11.6 Å². The summed E-state index contributed by atoms with van der Waals surface area (Å²) in [6, 6.07) is 13.0. The Bertz CT molecular complexity index is 965. The Kier molecular flexibility index (Phi) is 10.3. The quantitative estimate of drug-likeness (QED) is 0.435. The molecule has 2 N–H and O–H groups in total. The molecule has 1 saturated carbocycles. The minimum Gasteiger partial charge on any atom is -0.679 e. The maximum Gasteiger partial charge on any atom is 0.328 e. The van der Waals surface area contributed by atoms with Gasteiger partial charge in [0.25, 0.3) is 0 Å². The molecule has 3 amide bonds. The van der Waals surface area contributed by atoms with Crippen LogP contribution in [0.15, 0.2) is 42.5 Å². The van der Waals surface area contributed by atoms with Crippen molar-refractivity contribution < 1.29 is 47.5 Å². The average molecular weight is 547 g/mol. The van der Waals surface area contributed by atoms with Gasteiger partial charge in [0.15, 0.2) is 0 Å². The fourth-order valence-corrected chi connectivity index (χ4v) is 4.00. The Hall–Kier alpha value is -1.51. The maximum absolute atomic E-state index is 12.2. The molecule has 1 saturated heterocycles. The maximum atomic E-state index is 12.2. The standard InChI is InChI=1S/C22H24ClN4O3.C2H6.Y/c1-26(30)14-12-22(10-11-22)25-16-7-5-15(6-8-16)17-3-2-4-18(20(17)23)27-13-9-19(28)24-21(27)29;1-2;/h2-8,30H,9-14H2,1H3,(H,24,28,29);1-2H3;/q-1;;. The normalized spacial score (nSPS) is 16.4. The average Bonchev–Trinajstić information content (AvgIpc) is 3.55. The van der Waals surface area contributed by atoms with Crippen molar-refractivity contribution in [2.45, 2.75) is 45.1 Å². The van der Waals surface area contributed by atoms with Gasteiger partial charge >= 0.3 is 6.03 Å². The zero-order chi connectivity index (χ0) is 23.3. The first-order chi connectivity index (χ1) is 15.4. The van der Waals surface area contributed by atoms with E-state index in [0.717, 1.165) is 36.1 Å². The van der Waals surface area contributed by atoms with E-state index in [-0.39, 0.29) is 50.6 Å². The van der Waals surface area contributed by atoms with Crippen molar-refractivity contribution in [3.63, 3.8) is 0 Å². The predicted molar refractivity (Wildman–Crippen MR) is 128 cm³/mol. The summed E-state index contributed by atoms with van der Waals surface area (Å²) in [6.45, 7) is 4.90. The van der Waals surface area contributed by atoms with Gasteiger partial charge in [0.05, 0.1) is 10.7 Å². The number of imide groups is 1. The molecule has 175 valence electrons. The number of carbonyl (C=O) groups is 2. The molecule has 1 heterocycles. The molecule has 2 aliphatic rings. The predicted octanol–water partition coefficient (Wildman–Crippen LogP) is 5.73. The van der Waals surface area contributed by atoms with Gasteiger partial charge in [-0.25, -0.2) is 4.79 Å². The minimum absolute atomic E-state index is 0. The molecular weight excluding hydrogens is 517 g/mol. The van der Waals surface area contributed by atoms with Crippen molar-refractivity contribution in [2.24, 2.45) is 0 Å². The first-order valence-electron chi connectivity index (χ1n) is 11.0. The Labute approximate surface area is 225 Å². The summed E-state index contributed by atoms with van der Waals surface area (Å²) in [4.78, 5) is 25.1. The molecule has 1 radical (unpaired) electrons. The molecule has 7 nitrogen and oxygen atoms in total. The number of hydrogen-bond donors (Lipinski definition) is 2. The largest absolute Gasteiger partial charge is 0.679 e. The summed E-state index contributed by atoms with van der Waals surface area (Å²) in [5.41, 5.74) is 3.16. The number of nitrogens with zero attached hydrogens (tertiary/aromatic N) is 3. The van der Waals surface area contributed by atoms with E-state index >= 15 is 0 Å². The van der Waals surface area contributed by atoms with Crippen LogP contribution in [0.4, 0.5) is 16.2 Å². The minimum atomic E-state index is -0.456. The number of rotatable bonds is 7. The van der Waals surface area contributed by atoms with Crippen LogP contribution in [0.25, 0.3) is 16.4 Å². The molecule has 9 heteroatoms. The molecule has 0 aromatic heterocycles. The third-order valence-electron chi connectivity index (χ3n) is 5.60. The van der Waals surface area contributed by atoms with E-state index in [1.54, 1.807) is 13.1 Å². The molecular formula is C24H30ClN4O3Y-. The topological polar surface area (TPSA) is 87.0 Å². The van der Waals surface area contributed by atoms with Crippen LogP contribution < -0.4 is 10.2 Å². The number of nitrogens with one attached hydrogen (secondary N) is 1.